The molecule has 0 saturated carbocycles. The quantitative estimate of drug-likeness (QED) is 0.802. The summed E-state index contributed by atoms with van der Waals surface area (Å²) in [5.41, 5.74) is 0.706. The Hall–Kier alpha value is -1.66. The van der Waals surface area contributed by atoms with E-state index in [1.807, 2.05) is 11.8 Å². The first kappa shape index (κ1) is 21.6. The first-order chi connectivity index (χ1) is 12.5. The normalized spacial score (nSPS) is 23.4. The fraction of sp³-hybridized carbons (Fsp3) is 0.600. The molecule has 0 spiro atoms. The van der Waals surface area contributed by atoms with Crippen molar-refractivity contribution in [3.05, 3.63) is 35.6 Å². The molecular weight excluding hydrogens is 369 g/mol. The highest BCUT2D eigenvalue weighted by molar-refractivity contribution is 5.85. The summed E-state index contributed by atoms with van der Waals surface area (Å²) in [6, 6.07) is 6.18. The van der Waals surface area contributed by atoms with E-state index in [0.29, 0.717) is 18.7 Å². The number of nitrogens with zero attached hydrogens (tertiary/aromatic N) is 1. The molecule has 0 aromatic heterocycles. The van der Waals surface area contributed by atoms with Gasteiger partial charge in [-0.05, 0) is 62.8 Å². The van der Waals surface area contributed by atoms with Crippen LogP contribution in [0, 0.1) is 11.7 Å². The molecule has 3 rings (SSSR count). The summed E-state index contributed by atoms with van der Waals surface area (Å²) in [4.78, 5) is 26.8. The molecule has 0 bridgehead atoms. The van der Waals surface area contributed by atoms with Gasteiger partial charge in [-0.25, -0.2) is 4.39 Å². The molecule has 2 fully saturated rings. The van der Waals surface area contributed by atoms with Gasteiger partial charge in [0.05, 0.1) is 12.0 Å². The van der Waals surface area contributed by atoms with Gasteiger partial charge in [0, 0.05) is 19.6 Å². The Kier molecular flexibility index (Phi) is 8.05. The van der Waals surface area contributed by atoms with E-state index in [4.69, 9.17) is 0 Å². The molecule has 2 saturated heterocycles. The average molecular weight is 398 g/mol. The molecule has 7 heteroatoms. The standard InChI is InChI=1S/C20H28FN3O2.ClH/c1-14(16-6-2-7-17(21)11-16)20(26)24-10-4-5-15(13-24)12-23-19(25)18-8-3-9-22-18;/h2,6-7,11,14-15,18,22H,3-5,8-10,12-13H2,1H3,(H,23,25);1H. The molecule has 0 aliphatic carbocycles. The third-order valence-electron chi connectivity index (χ3n) is 5.49. The van der Waals surface area contributed by atoms with Gasteiger partial charge in [-0.2, -0.15) is 0 Å². The van der Waals surface area contributed by atoms with Crippen LogP contribution in [0.15, 0.2) is 24.3 Å². The Bertz CT molecular complexity index is 652. The Labute approximate surface area is 166 Å². The van der Waals surface area contributed by atoms with Crippen molar-refractivity contribution in [2.75, 3.05) is 26.2 Å². The number of halogens is 2. The van der Waals surface area contributed by atoms with Crippen molar-refractivity contribution in [1.82, 2.24) is 15.5 Å². The molecule has 2 heterocycles. The molecule has 27 heavy (non-hydrogen) atoms. The smallest absolute Gasteiger partial charge is 0.237 e. The summed E-state index contributed by atoms with van der Waals surface area (Å²) in [6.07, 6.45) is 3.88. The van der Waals surface area contributed by atoms with Crippen molar-refractivity contribution >= 4 is 24.2 Å². The molecule has 1 aromatic carbocycles. The summed E-state index contributed by atoms with van der Waals surface area (Å²) in [5, 5.41) is 6.23. The number of hydrogen-bond acceptors (Lipinski definition) is 3. The second-order valence-electron chi connectivity index (χ2n) is 7.46. The number of carbonyl (C=O) groups is 2. The highest BCUT2D eigenvalue weighted by Crippen LogP contribution is 2.23. The van der Waals surface area contributed by atoms with Gasteiger partial charge in [0.1, 0.15) is 5.82 Å². The molecule has 2 aliphatic rings. The fourth-order valence-corrected chi connectivity index (χ4v) is 3.90. The molecular formula is C20H29ClFN3O2. The summed E-state index contributed by atoms with van der Waals surface area (Å²) in [7, 11) is 0. The lowest BCUT2D eigenvalue weighted by Gasteiger charge is -2.34. The number of rotatable bonds is 5. The number of benzene rings is 1. The SMILES string of the molecule is CC(C(=O)N1CCCC(CNC(=O)C2CCCN2)C1)c1cccc(F)c1.Cl. The lowest BCUT2D eigenvalue weighted by molar-refractivity contribution is -0.134. The maximum atomic E-state index is 13.4. The molecule has 5 nitrogen and oxygen atoms in total. The summed E-state index contributed by atoms with van der Waals surface area (Å²) >= 11 is 0. The molecule has 2 amide bonds. The summed E-state index contributed by atoms with van der Waals surface area (Å²) < 4.78 is 13.4. The number of likely N-dealkylation sites (tertiary alicyclic amines) is 1. The highest BCUT2D eigenvalue weighted by Gasteiger charge is 2.29. The third-order valence-corrected chi connectivity index (χ3v) is 5.49. The van der Waals surface area contributed by atoms with Gasteiger partial charge < -0.3 is 15.5 Å². The second-order valence-corrected chi connectivity index (χ2v) is 7.46. The first-order valence-electron chi connectivity index (χ1n) is 9.60. The minimum absolute atomic E-state index is 0. The van der Waals surface area contributed by atoms with E-state index in [9.17, 15) is 14.0 Å². The fourth-order valence-electron chi connectivity index (χ4n) is 3.90. The minimum Gasteiger partial charge on any atom is -0.354 e. The maximum Gasteiger partial charge on any atom is 0.237 e. The Morgan fingerprint density at radius 3 is 2.85 bits per heavy atom. The van der Waals surface area contributed by atoms with Gasteiger partial charge in [-0.3, -0.25) is 9.59 Å². The zero-order valence-corrected chi connectivity index (χ0v) is 16.6. The monoisotopic (exact) mass is 397 g/mol. The van der Waals surface area contributed by atoms with Crippen LogP contribution >= 0.6 is 12.4 Å². The number of amides is 2. The lowest BCUT2D eigenvalue weighted by atomic mass is 9.94. The number of hydrogen-bond donors (Lipinski definition) is 2. The minimum atomic E-state index is -0.360. The van der Waals surface area contributed by atoms with Gasteiger partial charge in [0.2, 0.25) is 11.8 Å². The van der Waals surface area contributed by atoms with Crippen molar-refractivity contribution in [3.63, 3.8) is 0 Å². The maximum absolute atomic E-state index is 13.4. The van der Waals surface area contributed by atoms with Crippen LogP contribution in [0.3, 0.4) is 0 Å². The van der Waals surface area contributed by atoms with Crippen LogP contribution in [-0.2, 0) is 9.59 Å². The van der Waals surface area contributed by atoms with E-state index in [2.05, 4.69) is 10.6 Å². The second kappa shape index (κ2) is 10.0. The molecule has 1 aromatic rings. The van der Waals surface area contributed by atoms with Crippen LogP contribution in [0.1, 0.15) is 44.1 Å². The van der Waals surface area contributed by atoms with E-state index in [0.717, 1.165) is 38.8 Å². The van der Waals surface area contributed by atoms with Crippen molar-refractivity contribution < 1.29 is 14.0 Å². The van der Waals surface area contributed by atoms with Crippen molar-refractivity contribution in [1.29, 1.82) is 0 Å². The van der Waals surface area contributed by atoms with Crippen molar-refractivity contribution in [3.8, 4) is 0 Å². The zero-order chi connectivity index (χ0) is 18.5. The Balaban J connectivity index is 0.00000261. The van der Waals surface area contributed by atoms with Crippen LogP contribution in [0.25, 0.3) is 0 Å². The van der Waals surface area contributed by atoms with Gasteiger partial charge >= 0.3 is 0 Å². The van der Waals surface area contributed by atoms with Gasteiger partial charge in [-0.15, -0.1) is 12.4 Å². The zero-order valence-electron chi connectivity index (χ0n) is 15.7. The number of nitrogens with one attached hydrogen (secondary N) is 2. The number of piperidine rings is 1. The van der Waals surface area contributed by atoms with Crippen LogP contribution in [-0.4, -0.2) is 48.9 Å². The summed E-state index contributed by atoms with van der Waals surface area (Å²) in [5.74, 6) is -0.301. The van der Waals surface area contributed by atoms with E-state index in [1.165, 1.54) is 12.1 Å². The predicted molar refractivity (Wildman–Crippen MR) is 105 cm³/mol. The topological polar surface area (TPSA) is 61.4 Å². The Morgan fingerprint density at radius 2 is 2.15 bits per heavy atom. The van der Waals surface area contributed by atoms with E-state index < -0.39 is 0 Å². The average Bonchev–Trinajstić information content (AvgIpc) is 3.20. The van der Waals surface area contributed by atoms with Crippen LogP contribution in [0.4, 0.5) is 4.39 Å². The van der Waals surface area contributed by atoms with Gasteiger partial charge in [0.15, 0.2) is 0 Å². The Morgan fingerprint density at radius 1 is 1.33 bits per heavy atom. The molecule has 3 unspecified atom stereocenters. The first-order valence-corrected chi connectivity index (χ1v) is 9.60. The van der Waals surface area contributed by atoms with Gasteiger partial charge in [0.25, 0.3) is 0 Å². The van der Waals surface area contributed by atoms with Gasteiger partial charge in [-0.1, -0.05) is 12.1 Å². The van der Waals surface area contributed by atoms with E-state index in [-0.39, 0.29) is 47.9 Å². The molecule has 0 radical (unpaired) electrons. The van der Waals surface area contributed by atoms with E-state index in [1.54, 1.807) is 12.1 Å². The largest absolute Gasteiger partial charge is 0.354 e. The van der Waals surface area contributed by atoms with Crippen molar-refractivity contribution in [2.24, 2.45) is 5.92 Å². The molecule has 150 valence electrons. The molecule has 2 aliphatic heterocycles. The van der Waals surface area contributed by atoms with Crippen LogP contribution < -0.4 is 10.6 Å². The van der Waals surface area contributed by atoms with Crippen molar-refractivity contribution in [2.45, 2.75) is 44.6 Å². The number of carbonyl (C=O) groups excluding carboxylic acids is 2. The molecule has 2 N–H and O–H groups in total. The predicted octanol–water partition coefficient (Wildman–Crippen LogP) is 2.46. The third kappa shape index (κ3) is 5.66. The van der Waals surface area contributed by atoms with Crippen LogP contribution in [0.2, 0.25) is 0 Å². The highest BCUT2D eigenvalue weighted by atomic mass is 35.5. The van der Waals surface area contributed by atoms with Crippen LogP contribution in [0.5, 0.6) is 0 Å². The summed E-state index contributed by atoms with van der Waals surface area (Å²) in [6.45, 7) is 4.72. The van der Waals surface area contributed by atoms with E-state index >= 15 is 0 Å². The lowest BCUT2D eigenvalue weighted by Crippen LogP contribution is -2.47. The molecule has 3 atom stereocenters.